The molecule has 0 saturated carbocycles. The van der Waals surface area contributed by atoms with E-state index in [1.807, 2.05) is 11.0 Å². The van der Waals surface area contributed by atoms with Gasteiger partial charge < -0.3 is 19.4 Å². The Morgan fingerprint density at radius 3 is 2.46 bits per heavy atom. The topological polar surface area (TPSA) is 75.0 Å². The molecule has 0 unspecified atom stereocenters. The number of ether oxygens (including phenoxy) is 1. The summed E-state index contributed by atoms with van der Waals surface area (Å²) >= 11 is 0. The Morgan fingerprint density at radius 1 is 1.12 bits per heavy atom. The standard InChI is InChI=1S/C19H23N3O4/c1-25-16-6-4-15(5-7-16)19(24)22-10-8-21(9-11-22)14-18(23)20-13-17-3-2-12-26-17/h2-7,12H,8-11,13-14H2,1H3,(H,20,23). The van der Waals surface area contributed by atoms with Crippen molar-refractivity contribution in [1.29, 1.82) is 0 Å². The van der Waals surface area contributed by atoms with Crippen molar-refractivity contribution < 1.29 is 18.7 Å². The molecule has 0 aliphatic carbocycles. The Hall–Kier alpha value is -2.80. The smallest absolute Gasteiger partial charge is 0.253 e. The lowest BCUT2D eigenvalue weighted by molar-refractivity contribution is -0.122. The first kappa shape index (κ1) is 18.0. The van der Waals surface area contributed by atoms with Crippen molar-refractivity contribution in [3.63, 3.8) is 0 Å². The number of hydrogen-bond acceptors (Lipinski definition) is 5. The number of benzene rings is 1. The van der Waals surface area contributed by atoms with Crippen LogP contribution in [0.1, 0.15) is 16.1 Å². The van der Waals surface area contributed by atoms with Crippen LogP contribution in [0.4, 0.5) is 0 Å². The number of furan rings is 1. The maximum Gasteiger partial charge on any atom is 0.253 e. The van der Waals surface area contributed by atoms with Gasteiger partial charge in [-0.15, -0.1) is 0 Å². The molecule has 0 bridgehead atoms. The van der Waals surface area contributed by atoms with Crippen LogP contribution in [-0.4, -0.2) is 61.4 Å². The summed E-state index contributed by atoms with van der Waals surface area (Å²) in [6, 6.07) is 10.7. The summed E-state index contributed by atoms with van der Waals surface area (Å²) in [5.41, 5.74) is 0.649. The lowest BCUT2D eigenvalue weighted by atomic mass is 10.1. The van der Waals surface area contributed by atoms with Gasteiger partial charge in [0.05, 0.1) is 26.5 Å². The van der Waals surface area contributed by atoms with E-state index in [9.17, 15) is 9.59 Å². The minimum atomic E-state index is -0.0451. The molecule has 1 N–H and O–H groups in total. The van der Waals surface area contributed by atoms with E-state index in [4.69, 9.17) is 9.15 Å². The summed E-state index contributed by atoms with van der Waals surface area (Å²) in [6.07, 6.45) is 1.58. The highest BCUT2D eigenvalue weighted by Gasteiger charge is 2.23. The molecule has 3 rings (SSSR count). The molecular formula is C19H23N3O4. The van der Waals surface area contributed by atoms with Crippen molar-refractivity contribution in [1.82, 2.24) is 15.1 Å². The third-order valence-electron chi connectivity index (χ3n) is 4.40. The van der Waals surface area contributed by atoms with Crippen molar-refractivity contribution >= 4 is 11.8 Å². The Balaban J connectivity index is 1.43. The second-order valence-corrected chi connectivity index (χ2v) is 6.15. The molecule has 26 heavy (non-hydrogen) atoms. The van der Waals surface area contributed by atoms with Gasteiger partial charge in [0.1, 0.15) is 11.5 Å². The van der Waals surface area contributed by atoms with Gasteiger partial charge in [-0.1, -0.05) is 0 Å². The predicted molar refractivity (Wildman–Crippen MR) is 95.9 cm³/mol. The quantitative estimate of drug-likeness (QED) is 0.845. The zero-order valence-electron chi connectivity index (χ0n) is 14.8. The van der Waals surface area contributed by atoms with E-state index < -0.39 is 0 Å². The van der Waals surface area contributed by atoms with Crippen molar-refractivity contribution in [2.24, 2.45) is 0 Å². The largest absolute Gasteiger partial charge is 0.497 e. The van der Waals surface area contributed by atoms with Crippen molar-refractivity contribution in [2.75, 3.05) is 39.8 Å². The van der Waals surface area contributed by atoms with Crippen LogP contribution < -0.4 is 10.1 Å². The molecule has 2 amide bonds. The van der Waals surface area contributed by atoms with Gasteiger partial charge >= 0.3 is 0 Å². The molecule has 1 aliphatic heterocycles. The number of nitrogens with one attached hydrogen (secondary N) is 1. The van der Waals surface area contributed by atoms with Gasteiger partial charge in [0.15, 0.2) is 0 Å². The fraction of sp³-hybridized carbons (Fsp3) is 0.368. The molecule has 0 radical (unpaired) electrons. The highest BCUT2D eigenvalue weighted by molar-refractivity contribution is 5.94. The van der Waals surface area contributed by atoms with Crippen LogP contribution in [-0.2, 0) is 11.3 Å². The molecule has 138 valence electrons. The van der Waals surface area contributed by atoms with E-state index in [1.54, 1.807) is 43.7 Å². The van der Waals surface area contributed by atoms with Gasteiger partial charge in [-0.3, -0.25) is 14.5 Å². The van der Waals surface area contributed by atoms with Gasteiger partial charge in [-0.2, -0.15) is 0 Å². The average molecular weight is 357 g/mol. The summed E-state index contributed by atoms with van der Waals surface area (Å²) in [5, 5.41) is 2.84. The van der Waals surface area contributed by atoms with E-state index in [1.165, 1.54) is 0 Å². The van der Waals surface area contributed by atoms with Crippen LogP contribution in [0.25, 0.3) is 0 Å². The number of nitrogens with zero attached hydrogens (tertiary/aromatic N) is 2. The number of methoxy groups -OCH3 is 1. The van der Waals surface area contributed by atoms with Crippen LogP contribution >= 0.6 is 0 Å². The Kier molecular flexibility index (Phi) is 5.91. The molecule has 0 spiro atoms. The van der Waals surface area contributed by atoms with E-state index in [-0.39, 0.29) is 11.8 Å². The molecule has 1 aliphatic rings. The molecule has 2 heterocycles. The molecule has 1 saturated heterocycles. The lowest BCUT2D eigenvalue weighted by Crippen LogP contribution is -2.51. The molecule has 2 aromatic rings. The number of piperazine rings is 1. The number of carbonyl (C=O) groups is 2. The molecular weight excluding hydrogens is 334 g/mol. The summed E-state index contributed by atoms with van der Waals surface area (Å²) in [7, 11) is 1.60. The SMILES string of the molecule is COc1ccc(C(=O)N2CCN(CC(=O)NCc3ccco3)CC2)cc1. The zero-order valence-corrected chi connectivity index (χ0v) is 14.8. The van der Waals surface area contributed by atoms with Gasteiger partial charge in [0.2, 0.25) is 5.91 Å². The second kappa shape index (κ2) is 8.53. The van der Waals surface area contributed by atoms with Crippen LogP contribution in [0.3, 0.4) is 0 Å². The molecule has 0 atom stereocenters. The first-order chi connectivity index (χ1) is 12.7. The summed E-state index contributed by atoms with van der Waals surface area (Å²) in [4.78, 5) is 28.4. The number of rotatable bonds is 6. The van der Waals surface area contributed by atoms with Crippen LogP contribution in [0.15, 0.2) is 47.1 Å². The van der Waals surface area contributed by atoms with E-state index in [2.05, 4.69) is 10.2 Å². The average Bonchev–Trinajstić information content (AvgIpc) is 3.20. The molecule has 1 fully saturated rings. The normalized spacial score (nSPS) is 14.9. The first-order valence-electron chi connectivity index (χ1n) is 8.60. The van der Waals surface area contributed by atoms with E-state index >= 15 is 0 Å². The summed E-state index contributed by atoms with van der Waals surface area (Å²) < 4.78 is 10.3. The Labute approximate surface area is 152 Å². The van der Waals surface area contributed by atoms with Crippen LogP contribution in [0.5, 0.6) is 5.75 Å². The zero-order chi connectivity index (χ0) is 18.4. The molecule has 1 aromatic heterocycles. The number of carbonyl (C=O) groups excluding carboxylic acids is 2. The number of amides is 2. The Bertz CT molecular complexity index is 720. The van der Waals surface area contributed by atoms with E-state index in [0.717, 1.165) is 11.5 Å². The van der Waals surface area contributed by atoms with E-state index in [0.29, 0.717) is 44.8 Å². The molecule has 7 heteroatoms. The second-order valence-electron chi connectivity index (χ2n) is 6.15. The highest BCUT2D eigenvalue weighted by Crippen LogP contribution is 2.14. The summed E-state index contributed by atoms with van der Waals surface area (Å²) in [5.74, 6) is 1.42. The fourth-order valence-electron chi connectivity index (χ4n) is 2.88. The van der Waals surface area contributed by atoms with Crippen molar-refractivity contribution in [2.45, 2.75) is 6.54 Å². The minimum Gasteiger partial charge on any atom is -0.497 e. The predicted octanol–water partition coefficient (Wildman–Crippen LogP) is 1.36. The number of hydrogen-bond donors (Lipinski definition) is 1. The molecule has 1 aromatic carbocycles. The van der Waals surface area contributed by atoms with Crippen molar-refractivity contribution in [3.05, 3.63) is 54.0 Å². The molecule has 7 nitrogen and oxygen atoms in total. The van der Waals surface area contributed by atoms with Crippen LogP contribution in [0, 0.1) is 0 Å². The highest BCUT2D eigenvalue weighted by atomic mass is 16.5. The third kappa shape index (κ3) is 4.64. The van der Waals surface area contributed by atoms with Crippen LogP contribution in [0.2, 0.25) is 0 Å². The summed E-state index contributed by atoms with van der Waals surface area (Å²) in [6.45, 7) is 3.28. The van der Waals surface area contributed by atoms with Gasteiger partial charge in [0, 0.05) is 31.7 Å². The fourth-order valence-corrected chi connectivity index (χ4v) is 2.88. The monoisotopic (exact) mass is 357 g/mol. The van der Waals surface area contributed by atoms with Crippen molar-refractivity contribution in [3.8, 4) is 5.75 Å². The van der Waals surface area contributed by atoms with Gasteiger partial charge in [0.25, 0.3) is 5.91 Å². The maximum atomic E-state index is 12.5. The minimum absolute atomic E-state index is 0.00886. The van der Waals surface area contributed by atoms with Gasteiger partial charge in [-0.25, -0.2) is 0 Å². The first-order valence-corrected chi connectivity index (χ1v) is 8.60. The Morgan fingerprint density at radius 2 is 1.85 bits per heavy atom. The maximum absolute atomic E-state index is 12.5. The third-order valence-corrected chi connectivity index (χ3v) is 4.40. The van der Waals surface area contributed by atoms with Gasteiger partial charge in [-0.05, 0) is 36.4 Å². The lowest BCUT2D eigenvalue weighted by Gasteiger charge is -2.34.